The van der Waals surface area contributed by atoms with Crippen LogP contribution in [0.25, 0.3) is 0 Å². The van der Waals surface area contributed by atoms with Crippen molar-refractivity contribution in [3.63, 3.8) is 0 Å². The number of nitrogens with one attached hydrogen (secondary N) is 1. The Morgan fingerprint density at radius 2 is 1.88 bits per heavy atom. The van der Waals surface area contributed by atoms with Gasteiger partial charge in [0.1, 0.15) is 0 Å². The zero-order valence-electron chi connectivity index (χ0n) is 14.8. The van der Waals surface area contributed by atoms with Crippen LogP contribution < -0.4 is 5.32 Å². The molecule has 0 saturated heterocycles. The molecule has 2 rings (SSSR count). The van der Waals surface area contributed by atoms with Crippen molar-refractivity contribution >= 4 is 18.3 Å². The highest BCUT2D eigenvalue weighted by Crippen LogP contribution is 2.10. The van der Waals surface area contributed by atoms with E-state index >= 15 is 0 Å². The van der Waals surface area contributed by atoms with Gasteiger partial charge in [-0.1, -0.05) is 43.7 Å². The third-order valence-electron chi connectivity index (χ3n) is 4.15. The summed E-state index contributed by atoms with van der Waals surface area (Å²) < 4.78 is 2.17. The summed E-state index contributed by atoms with van der Waals surface area (Å²) in [6.07, 6.45) is 7.47. The Morgan fingerprint density at radius 3 is 2.58 bits per heavy atom. The predicted octanol–water partition coefficient (Wildman–Crippen LogP) is 4.77. The number of hydrogen-bond acceptors (Lipinski definition) is 1. The highest BCUT2D eigenvalue weighted by molar-refractivity contribution is 5.94. The van der Waals surface area contributed by atoms with Gasteiger partial charge in [-0.15, -0.1) is 12.4 Å². The summed E-state index contributed by atoms with van der Waals surface area (Å²) in [6.45, 7) is 5.98. The number of amides is 1. The van der Waals surface area contributed by atoms with E-state index < -0.39 is 0 Å². The largest absolute Gasteiger partial charge is 0.352 e. The Morgan fingerprint density at radius 1 is 1.12 bits per heavy atom. The molecule has 0 unspecified atom stereocenters. The lowest BCUT2D eigenvalue weighted by atomic mass is 10.1. The molecule has 0 aliphatic rings. The van der Waals surface area contributed by atoms with E-state index in [0.717, 1.165) is 50.0 Å². The molecule has 1 aromatic heterocycles. The molecule has 0 aliphatic carbocycles. The highest BCUT2D eigenvalue weighted by atomic mass is 35.5. The van der Waals surface area contributed by atoms with Crippen molar-refractivity contribution in [2.75, 3.05) is 6.54 Å². The van der Waals surface area contributed by atoms with Crippen LogP contribution in [0.5, 0.6) is 0 Å². The van der Waals surface area contributed by atoms with Gasteiger partial charge in [-0.25, -0.2) is 0 Å². The van der Waals surface area contributed by atoms with Crippen LogP contribution in [0.1, 0.15) is 54.2 Å². The molecule has 1 N–H and O–H groups in total. The van der Waals surface area contributed by atoms with E-state index in [9.17, 15) is 4.79 Å². The Bertz CT molecular complexity index is 607. The van der Waals surface area contributed by atoms with Gasteiger partial charge in [0.05, 0.1) is 5.56 Å². The molecule has 0 bridgehead atoms. The van der Waals surface area contributed by atoms with Gasteiger partial charge in [0, 0.05) is 25.0 Å². The van der Waals surface area contributed by atoms with Crippen LogP contribution in [0.3, 0.4) is 0 Å². The van der Waals surface area contributed by atoms with Gasteiger partial charge in [-0.05, 0) is 44.2 Å². The van der Waals surface area contributed by atoms with Crippen LogP contribution in [0, 0.1) is 6.92 Å². The zero-order chi connectivity index (χ0) is 16.5. The quantitative estimate of drug-likeness (QED) is 0.650. The normalized spacial score (nSPS) is 10.2. The molecule has 4 heteroatoms. The smallest absolute Gasteiger partial charge is 0.252 e. The molecule has 1 heterocycles. The first-order chi connectivity index (χ1) is 11.2. The first kappa shape index (κ1) is 20.3. The molecule has 2 aromatic rings. The molecule has 0 atom stereocenters. The van der Waals surface area contributed by atoms with Crippen molar-refractivity contribution in [1.82, 2.24) is 9.88 Å². The van der Waals surface area contributed by atoms with Crippen molar-refractivity contribution in [3.05, 3.63) is 59.4 Å². The standard InChI is InChI=1S/C20H28N2O.ClH/c1-3-4-14-22-16-19(15-17(22)2)20(23)21-13-9-8-12-18-10-6-5-7-11-18;/h5-7,10-11,15-16H,3-4,8-9,12-14H2,1-2H3,(H,21,23);1H. The molecular formula is C20H29ClN2O. The number of aryl methyl sites for hydroxylation is 3. The van der Waals surface area contributed by atoms with E-state index in [1.54, 1.807) is 0 Å². The van der Waals surface area contributed by atoms with E-state index in [0.29, 0.717) is 0 Å². The molecule has 0 fully saturated rings. The second-order valence-electron chi connectivity index (χ2n) is 6.12. The predicted molar refractivity (Wildman–Crippen MR) is 103 cm³/mol. The van der Waals surface area contributed by atoms with Crippen LogP contribution in [0.2, 0.25) is 0 Å². The maximum Gasteiger partial charge on any atom is 0.252 e. The molecule has 3 nitrogen and oxygen atoms in total. The number of carbonyl (C=O) groups is 1. The molecule has 1 aromatic carbocycles. The molecule has 0 saturated carbocycles. The van der Waals surface area contributed by atoms with Gasteiger partial charge in [-0.2, -0.15) is 0 Å². The minimum absolute atomic E-state index is 0. The number of nitrogens with zero attached hydrogens (tertiary/aromatic N) is 1. The number of carbonyl (C=O) groups excluding carboxylic acids is 1. The topological polar surface area (TPSA) is 34.0 Å². The molecule has 132 valence electrons. The summed E-state index contributed by atoms with van der Waals surface area (Å²) in [5.41, 5.74) is 3.30. The fourth-order valence-electron chi connectivity index (χ4n) is 2.71. The molecular weight excluding hydrogens is 320 g/mol. The average Bonchev–Trinajstić information content (AvgIpc) is 2.94. The van der Waals surface area contributed by atoms with Crippen LogP contribution in [0.4, 0.5) is 0 Å². The molecule has 1 amide bonds. The summed E-state index contributed by atoms with van der Waals surface area (Å²) in [5, 5.41) is 3.03. The zero-order valence-corrected chi connectivity index (χ0v) is 15.6. The van der Waals surface area contributed by atoms with Gasteiger partial charge in [0.2, 0.25) is 0 Å². The number of aromatic nitrogens is 1. The van der Waals surface area contributed by atoms with E-state index in [-0.39, 0.29) is 18.3 Å². The number of benzene rings is 1. The van der Waals surface area contributed by atoms with E-state index in [2.05, 4.69) is 48.0 Å². The van der Waals surface area contributed by atoms with Gasteiger partial charge >= 0.3 is 0 Å². The maximum atomic E-state index is 12.2. The van der Waals surface area contributed by atoms with E-state index in [1.807, 2.05) is 18.3 Å². The van der Waals surface area contributed by atoms with Crippen LogP contribution in [0.15, 0.2) is 42.6 Å². The summed E-state index contributed by atoms with van der Waals surface area (Å²) in [4.78, 5) is 12.2. The molecule has 0 aliphatic heterocycles. The van der Waals surface area contributed by atoms with E-state index in [1.165, 1.54) is 12.0 Å². The van der Waals surface area contributed by atoms with Crippen molar-refractivity contribution < 1.29 is 4.79 Å². The number of rotatable bonds is 9. The Hall–Kier alpha value is -1.74. The molecule has 0 radical (unpaired) electrons. The lowest BCUT2D eigenvalue weighted by Gasteiger charge is -2.05. The minimum Gasteiger partial charge on any atom is -0.352 e. The van der Waals surface area contributed by atoms with Crippen molar-refractivity contribution in [1.29, 1.82) is 0 Å². The Kier molecular flexibility index (Phi) is 9.24. The second kappa shape index (κ2) is 10.9. The van der Waals surface area contributed by atoms with Crippen molar-refractivity contribution in [3.8, 4) is 0 Å². The van der Waals surface area contributed by atoms with Crippen molar-refractivity contribution in [2.24, 2.45) is 0 Å². The summed E-state index contributed by atoms with van der Waals surface area (Å²) in [5.74, 6) is 0.0445. The maximum absolute atomic E-state index is 12.2. The first-order valence-electron chi connectivity index (χ1n) is 8.69. The highest BCUT2D eigenvalue weighted by Gasteiger charge is 2.09. The molecule has 0 spiro atoms. The first-order valence-corrected chi connectivity index (χ1v) is 8.69. The summed E-state index contributed by atoms with van der Waals surface area (Å²) in [6, 6.07) is 12.5. The van der Waals surface area contributed by atoms with Crippen LogP contribution >= 0.6 is 12.4 Å². The lowest BCUT2D eigenvalue weighted by Crippen LogP contribution is -2.24. The summed E-state index contributed by atoms with van der Waals surface area (Å²) in [7, 11) is 0. The van der Waals surface area contributed by atoms with Crippen LogP contribution in [-0.2, 0) is 13.0 Å². The van der Waals surface area contributed by atoms with Crippen molar-refractivity contribution in [2.45, 2.75) is 52.5 Å². The van der Waals surface area contributed by atoms with Gasteiger partial charge in [0.15, 0.2) is 0 Å². The average molecular weight is 349 g/mol. The van der Waals surface area contributed by atoms with Gasteiger partial charge in [-0.3, -0.25) is 4.79 Å². The number of unbranched alkanes of at least 4 members (excludes halogenated alkanes) is 2. The van der Waals surface area contributed by atoms with Crippen LogP contribution in [-0.4, -0.2) is 17.0 Å². The van der Waals surface area contributed by atoms with Gasteiger partial charge < -0.3 is 9.88 Å². The third kappa shape index (κ3) is 6.40. The fourth-order valence-corrected chi connectivity index (χ4v) is 2.71. The SMILES string of the molecule is CCCCn1cc(C(=O)NCCCCc2ccccc2)cc1C.Cl. The number of halogens is 1. The van der Waals surface area contributed by atoms with E-state index in [4.69, 9.17) is 0 Å². The Labute approximate surface area is 151 Å². The lowest BCUT2D eigenvalue weighted by molar-refractivity contribution is 0.0953. The Balaban J connectivity index is 0.00000288. The summed E-state index contributed by atoms with van der Waals surface area (Å²) >= 11 is 0. The van der Waals surface area contributed by atoms with Gasteiger partial charge in [0.25, 0.3) is 5.91 Å². The molecule has 24 heavy (non-hydrogen) atoms. The monoisotopic (exact) mass is 348 g/mol. The second-order valence-corrected chi connectivity index (χ2v) is 6.12. The fraction of sp³-hybridized carbons (Fsp3) is 0.450. The third-order valence-corrected chi connectivity index (χ3v) is 4.15. The minimum atomic E-state index is 0. The number of hydrogen-bond donors (Lipinski definition) is 1.